The molecule has 1 aromatic carbocycles. The number of ketones is 1. The summed E-state index contributed by atoms with van der Waals surface area (Å²) in [5.41, 5.74) is 1.59. The number of hydrogen-bond acceptors (Lipinski definition) is 6. The minimum Gasteiger partial charge on any atom is -0.484 e. The van der Waals surface area contributed by atoms with Gasteiger partial charge < -0.3 is 10.1 Å². The lowest BCUT2D eigenvalue weighted by molar-refractivity contribution is -0.122. The number of ether oxygens (including phenoxy) is 1. The summed E-state index contributed by atoms with van der Waals surface area (Å²) in [6, 6.07) is 6.78. The van der Waals surface area contributed by atoms with Crippen molar-refractivity contribution in [1.82, 2.24) is 15.6 Å². The van der Waals surface area contributed by atoms with Gasteiger partial charge in [0.2, 0.25) is 0 Å². The second kappa shape index (κ2) is 9.65. The van der Waals surface area contributed by atoms with Crippen molar-refractivity contribution < 1.29 is 19.1 Å². The molecule has 1 aromatic heterocycles. The molecule has 1 aliphatic carbocycles. The molecule has 154 valence electrons. The maximum Gasteiger partial charge on any atom is 0.321 e. The number of rotatable bonds is 6. The number of urea groups is 1. The molecule has 1 aliphatic rings. The number of imide groups is 1. The summed E-state index contributed by atoms with van der Waals surface area (Å²) in [6.45, 7) is 3.10. The normalized spacial score (nSPS) is 14.3. The number of hydrogen-bond donors (Lipinski definition) is 2. The first-order valence-electron chi connectivity index (χ1n) is 9.74. The minimum absolute atomic E-state index is 0.00439. The van der Waals surface area contributed by atoms with Crippen molar-refractivity contribution in [2.24, 2.45) is 0 Å². The van der Waals surface area contributed by atoms with Crippen molar-refractivity contribution in [2.75, 3.05) is 6.61 Å². The van der Waals surface area contributed by atoms with Crippen molar-refractivity contribution in [3.05, 3.63) is 34.8 Å². The molecule has 0 atom stereocenters. The highest BCUT2D eigenvalue weighted by Gasteiger charge is 2.17. The van der Waals surface area contributed by atoms with Crippen molar-refractivity contribution in [3.63, 3.8) is 0 Å². The van der Waals surface area contributed by atoms with Gasteiger partial charge in [0.15, 0.2) is 12.4 Å². The zero-order chi connectivity index (χ0) is 20.8. The average Bonchev–Trinajstić information content (AvgIpc) is 3.09. The fraction of sp³-hybridized carbons (Fsp3) is 0.429. The highest BCUT2D eigenvalue weighted by Crippen LogP contribution is 2.29. The molecule has 3 amide bonds. The lowest BCUT2D eigenvalue weighted by Gasteiger charge is -2.22. The number of amides is 3. The van der Waals surface area contributed by atoms with Crippen LogP contribution in [0.4, 0.5) is 4.79 Å². The second-order valence-corrected chi connectivity index (χ2v) is 8.16. The standard InChI is InChI=1S/C21H25N3O4S/c1-13-19(14(2)25)29-20(22-13)15-8-10-17(11-9-15)28-12-18(26)24-21(27)23-16-6-4-3-5-7-16/h8-11,16H,3-7,12H2,1-2H3,(H2,23,24,26,27). The number of nitrogens with one attached hydrogen (secondary N) is 2. The van der Waals surface area contributed by atoms with Crippen molar-refractivity contribution in [2.45, 2.75) is 52.0 Å². The second-order valence-electron chi connectivity index (χ2n) is 7.16. The molecule has 8 heteroatoms. The van der Waals surface area contributed by atoms with Crippen molar-refractivity contribution in [1.29, 1.82) is 0 Å². The van der Waals surface area contributed by atoms with Gasteiger partial charge in [0, 0.05) is 18.5 Å². The zero-order valence-corrected chi connectivity index (χ0v) is 17.4. The van der Waals surface area contributed by atoms with E-state index in [-0.39, 0.29) is 18.4 Å². The van der Waals surface area contributed by atoms with Crippen LogP contribution in [0.15, 0.2) is 24.3 Å². The molecule has 0 spiro atoms. The molecule has 1 heterocycles. The largest absolute Gasteiger partial charge is 0.484 e. The molecular weight excluding hydrogens is 390 g/mol. The van der Waals surface area contributed by atoms with Gasteiger partial charge in [0.25, 0.3) is 5.91 Å². The number of nitrogens with zero attached hydrogens (tertiary/aromatic N) is 1. The smallest absolute Gasteiger partial charge is 0.321 e. The van der Waals surface area contributed by atoms with Gasteiger partial charge in [0.05, 0.1) is 10.6 Å². The molecule has 29 heavy (non-hydrogen) atoms. The van der Waals surface area contributed by atoms with E-state index in [4.69, 9.17) is 4.74 Å². The number of thiazole rings is 1. The maximum atomic E-state index is 11.9. The molecule has 0 radical (unpaired) electrons. The van der Waals surface area contributed by atoms with E-state index >= 15 is 0 Å². The first-order valence-corrected chi connectivity index (χ1v) is 10.6. The Morgan fingerprint density at radius 1 is 1.14 bits per heavy atom. The van der Waals surface area contributed by atoms with Crippen LogP contribution in [0.2, 0.25) is 0 Å². The number of carbonyl (C=O) groups is 3. The van der Waals surface area contributed by atoms with Gasteiger partial charge in [-0.2, -0.15) is 0 Å². The molecule has 2 aromatic rings. The van der Waals surface area contributed by atoms with E-state index in [1.54, 1.807) is 12.1 Å². The Hall–Kier alpha value is -2.74. The Morgan fingerprint density at radius 3 is 2.45 bits per heavy atom. The van der Waals surface area contributed by atoms with E-state index in [9.17, 15) is 14.4 Å². The maximum absolute atomic E-state index is 11.9. The lowest BCUT2D eigenvalue weighted by atomic mass is 9.96. The van der Waals surface area contributed by atoms with E-state index in [2.05, 4.69) is 15.6 Å². The molecule has 0 aliphatic heterocycles. The molecule has 1 saturated carbocycles. The number of aryl methyl sites for hydroxylation is 1. The predicted octanol–water partition coefficient (Wildman–Crippen LogP) is 3.86. The van der Waals surface area contributed by atoms with Crippen LogP contribution < -0.4 is 15.4 Å². The van der Waals surface area contributed by atoms with E-state index in [1.807, 2.05) is 19.1 Å². The predicted molar refractivity (Wildman–Crippen MR) is 111 cm³/mol. The summed E-state index contributed by atoms with van der Waals surface area (Å²) < 4.78 is 5.45. The molecule has 0 unspecified atom stereocenters. The van der Waals surface area contributed by atoms with Gasteiger partial charge in [-0.1, -0.05) is 19.3 Å². The van der Waals surface area contributed by atoms with Crippen LogP contribution in [-0.2, 0) is 4.79 Å². The Kier molecular flexibility index (Phi) is 6.98. The third-order valence-electron chi connectivity index (χ3n) is 4.78. The Labute approximate surface area is 173 Å². The van der Waals surface area contributed by atoms with Crippen LogP contribution in [0.5, 0.6) is 5.75 Å². The molecule has 0 bridgehead atoms. The summed E-state index contributed by atoms with van der Waals surface area (Å²) in [5.74, 6) is 0.0189. The SMILES string of the molecule is CC(=O)c1sc(-c2ccc(OCC(=O)NC(=O)NC3CCCCC3)cc2)nc1C. The highest BCUT2D eigenvalue weighted by atomic mass is 32.1. The van der Waals surface area contributed by atoms with Crippen LogP contribution in [0.1, 0.15) is 54.4 Å². The van der Waals surface area contributed by atoms with Gasteiger partial charge in [-0.05, 0) is 44.0 Å². The number of Topliss-reactive ketones (excluding diaryl/α,β-unsaturated/α-hetero) is 1. The topological polar surface area (TPSA) is 97.4 Å². The zero-order valence-electron chi connectivity index (χ0n) is 16.6. The van der Waals surface area contributed by atoms with Crippen molar-refractivity contribution in [3.8, 4) is 16.3 Å². The highest BCUT2D eigenvalue weighted by molar-refractivity contribution is 7.17. The van der Waals surface area contributed by atoms with E-state index in [0.717, 1.165) is 41.9 Å². The summed E-state index contributed by atoms with van der Waals surface area (Å²) >= 11 is 1.36. The quantitative estimate of drug-likeness (QED) is 0.698. The molecule has 3 rings (SSSR count). The first kappa shape index (κ1) is 21.0. The summed E-state index contributed by atoms with van der Waals surface area (Å²) in [4.78, 5) is 40.5. The number of carbonyl (C=O) groups excluding carboxylic acids is 3. The summed E-state index contributed by atoms with van der Waals surface area (Å²) in [6.07, 6.45) is 5.32. The molecule has 0 saturated heterocycles. The first-order chi connectivity index (χ1) is 13.9. The van der Waals surface area contributed by atoms with Crippen LogP contribution in [0.3, 0.4) is 0 Å². The third-order valence-corrected chi connectivity index (χ3v) is 6.09. The molecule has 2 N–H and O–H groups in total. The summed E-state index contributed by atoms with van der Waals surface area (Å²) in [7, 11) is 0. The fourth-order valence-electron chi connectivity index (χ4n) is 3.32. The van der Waals surface area contributed by atoms with Crippen LogP contribution >= 0.6 is 11.3 Å². The van der Waals surface area contributed by atoms with Gasteiger partial charge in [0.1, 0.15) is 10.8 Å². The number of aromatic nitrogens is 1. The van der Waals surface area contributed by atoms with Gasteiger partial charge >= 0.3 is 6.03 Å². The average molecular weight is 416 g/mol. The fourth-order valence-corrected chi connectivity index (χ4v) is 4.29. The minimum atomic E-state index is -0.496. The van der Waals surface area contributed by atoms with Gasteiger partial charge in [-0.25, -0.2) is 9.78 Å². The van der Waals surface area contributed by atoms with Gasteiger partial charge in [-0.15, -0.1) is 11.3 Å². The molecule has 7 nitrogen and oxygen atoms in total. The molecule has 1 fully saturated rings. The van der Waals surface area contributed by atoms with Crippen LogP contribution in [0, 0.1) is 6.92 Å². The van der Waals surface area contributed by atoms with Gasteiger partial charge in [-0.3, -0.25) is 14.9 Å². The number of benzene rings is 1. The Morgan fingerprint density at radius 2 is 1.83 bits per heavy atom. The van der Waals surface area contributed by atoms with Crippen molar-refractivity contribution >= 4 is 29.1 Å². The third kappa shape index (κ3) is 5.87. The monoisotopic (exact) mass is 415 g/mol. The Bertz CT molecular complexity index is 886. The Balaban J connectivity index is 1.48. The van der Waals surface area contributed by atoms with E-state index < -0.39 is 11.9 Å². The van der Waals surface area contributed by atoms with Crippen LogP contribution in [-0.4, -0.2) is 35.4 Å². The molecular formula is C21H25N3O4S. The van der Waals surface area contributed by atoms with E-state index in [1.165, 1.54) is 24.7 Å². The summed E-state index contributed by atoms with van der Waals surface area (Å²) in [5, 5.41) is 5.89. The lowest BCUT2D eigenvalue weighted by Crippen LogP contribution is -2.46. The van der Waals surface area contributed by atoms with E-state index in [0.29, 0.717) is 10.6 Å². The van der Waals surface area contributed by atoms with Crippen LogP contribution in [0.25, 0.3) is 10.6 Å².